The van der Waals surface area contributed by atoms with Gasteiger partial charge >= 0.3 is 0 Å². The van der Waals surface area contributed by atoms with Crippen LogP contribution in [0.4, 0.5) is 0 Å². The number of rotatable bonds is 2. The van der Waals surface area contributed by atoms with Crippen molar-refractivity contribution < 1.29 is 4.79 Å². The number of benzene rings is 1. The Labute approximate surface area is 117 Å². The number of aromatic amines is 1. The molecule has 1 amide bonds. The molecule has 4 N–H and O–H groups in total. The summed E-state index contributed by atoms with van der Waals surface area (Å²) in [4.78, 5) is 19.6. The van der Waals surface area contributed by atoms with E-state index in [1.165, 1.54) is 12.8 Å². The molecule has 0 spiro atoms. The molecule has 2 fully saturated rings. The van der Waals surface area contributed by atoms with E-state index in [1.54, 1.807) is 6.07 Å². The normalized spacial score (nSPS) is 28.9. The van der Waals surface area contributed by atoms with Crippen molar-refractivity contribution in [1.82, 2.24) is 15.3 Å². The second-order valence-electron chi connectivity index (χ2n) is 6.08. The largest absolute Gasteiger partial charge is 0.366 e. The van der Waals surface area contributed by atoms with Crippen LogP contribution in [0.1, 0.15) is 41.9 Å². The molecular weight excluding hydrogens is 252 g/mol. The van der Waals surface area contributed by atoms with Gasteiger partial charge in [0.1, 0.15) is 11.3 Å². The molecule has 0 unspecified atom stereocenters. The SMILES string of the molecule is NC(=O)c1cccc2[nH]c([C@]34CCC[C@@H](CN3)C4)nc12. The molecule has 1 saturated carbocycles. The minimum absolute atomic E-state index is 0.0309. The van der Waals surface area contributed by atoms with E-state index in [9.17, 15) is 4.79 Å². The molecule has 104 valence electrons. The number of carbonyl (C=O) groups excluding carboxylic acids is 1. The van der Waals surface area contributed by atoms with Gasteiger partial charge in [0, 0.05) is 0 Å². The Bertz CT molecular complexity index is 688. The number of nitrogens with one attached hydrogen (secondary N) is 2. The Hall–Kier alpha value is -1.88. The van der Waals surface area contributed by atoms with Crippen molar-refractivity contribution in [2.24, 2.45) is 11.7 Å². The molecular formula is C15H18N4O. The Morgan fingerprint density at radius 1 is 1.45 bits per heavy atom. The molecule has 1 aliphatic carbocycles. The lowest BCUT2D eigenvalue weighted by molar-refractivity contribution is 0.100. The fourth-order valence-electron chi connectivity index (χ4n) is 3.82. The first-order chi connectivity index (χ1) is 9.68. The molecule has 4 rings (SSSR count). The van der Waals surface area contributed by atoms with Gasteiger partial charge in [-0.25, -0.2) is 4.98 Å². The van der Waals surface area contributed by atoms with E-state index >= 15 is 0 Å². The number of nitrogens with zero attached hydrogens (tertiary/aromatic N) is 1. The molecule has 2 atom stereocenters. The van der Waals surface area contributed by atoms with Crippen LogP contribution in [0.25, 0.3) is 11.0 Å². The molecule has 2 bridgehead atoms. The highest BCUT2D eigenvalue weighted by molar-refractivity contribution is 6.04. The number of carbonyl (C=O) groups is 1. The van der Waals surface area contributed by atoms with Crippen LogP contribution in [-0.4, -0.2) is 22.4 Å². The van der Waals surface area contributed by atoms with E-state index in [1.807, 2.05) is 12.1 Å². The van der Waals surface area contributed by atoms with Gasteiger partial charge in [0.2, 0.25) is 0 Å². The molecule has 1 aliphatic heterocycles. The molecule has 20 heavy (non-hydrogen) atoms. The summed E-state index contributed by atoms with van der Waals surface area (Å²) < 4.78 is 0. The molecule has 2 aromatic rings. The number of amides is 1. The second-order valence-corrected chi connectivity index (χ2v) is 6.08. The zero-order valence-corrected chi connectivity index (χ0v) is 11.3. The molecule has 1 aromatic heterocycles. The van der Waals surface area contributed by atoms with Crippen LogP contribution in [0.2, 0.25) is 0 Å². The molecule has 0 radical (unpaired) electrons. The number of aromatic nitrogens is 2. The van der Waals surface area contributed by atoms with E-state index < -0.39 is 5.91 Å². The van der Waals surface area contributed by atoms with Gasteiger partial charge in [-0.2, -0.15) is 0 Å². The number of hydrogen-bond acceptors (Lipinski definition) is 3. The quantitative estimate of drug-likeness (QED) is 0.776. The van der Waals surface area contributed by atoms with Crippen molar-refractivity contribution in [2.45, 2.75) is 31.2 Å². The zero-order chi connectivity index (χ0) is 13.7. The predicted molar refractivity (Wildman–Crippen MR) is 76.3 cm³/mol. The average molecular weight is 270 g/mol. The van der Waals surface area contributed by atoms with Crippen LogP contribution in [0.5, 0.6) is 0 Å². The summed E-state index contributed by atoms with van der Waals surface area (Å²) in [6, 6.07) is 5.52. The van der Waals surface area contributed by atoms with Gasteiger partial charge in [0.05, 0.1) is 16.6 Å². The van der Waals surface area contributed by atoms with Crippen LogP contribution in [0.3, 0.4) is 0 Å². The number of para-hydroxylation sites is 1. The Morgan fingerprint density at radius 3 is 3.20 bits per heavy atom. The van der Waals surface area contributed by atoms with Crippen LogP contribution in [-0.2, 0) is 5.54 Å². The maximum absolute atomic E-state index is 11.5. The zero-order valence-electron chi connectivity index (χ0n) is 11.3. The Kier molecular flexibility index (Phi) is 2.41. The second kappa shape index (κ2) is 4.06. The van der Waals surface area contributed by atoms with E-state index in [0.717, 1.165) is 36.6 Å². The van der Waals surface area contributed by atoms with E-state index in [4.69, 9.17) is 10.7 Å². The smallest absolute Gasteiger partial charge is 0.250 e. The van der Waals surface area contributed by atoms with Crippen molar-refractivity contribution in [3.63, 3.8) is 0 Å². The fraction of sp³-hybridized carbons (Fsp3) is 0.467. The van der Waals surface area contributed by atoms with E-state index in [2.05, 4.69) is 10.3 Å². The highest BCUT2D eigenvalue weighted by atomic mass is 16.1. The monoisotopic (exact) mass is 270 g/mol. The van der Waals surface area contributed by atoms with Gasteiger partial charge in [-0.3, -0.25) is 4.79 Å². The number of fused-ring (bicyclic) bond motifs is 3. The fourth-order valence-corrected chi connectivity index (χ4v) is 3.82. The lowest BCUT2D eigenvalue weighted by Gasteiger charge is -2.30. The first-order valence-corrected chi connectivity index (χ1v) is 7.22. The van der Waals surface area contributed by atoms with Crippen LogP contribution >= 0.6 is 0 Å². The summed E-state index contributed by atoms with van der Waals surface area (Å²) in [5.74, 6) is 1.29. The Balaban J connectivity index is 1.85. The first-order valence-electron chi connectivity index (χ1n) is 7.22. The highest BCUT2D eigenvalue weighted by Crippen LogP contribution is 2.43. The van der Waals surface area contributed by atoms with Gasteiger partial charge in [0.25, 0.3) is 5.91 Å². The van der Waals surface area contributed by atoms with E-state index in [0.29, 0.717) is 11.1 Å². The summed E-state index contributed by atoms with van der Waals surface area (Å²) in [7, 11) is 0. The van der Waals surface area contributed by atoms with Crippen molar-refractivity contribution in [2.75, 3.05) is 6.54 Å². The third-order valence-electron chi connectivity index (χ3n) is 4.81. The highest BCUT2D eigenvalue weighted by Gasteiger charge is 2.45. The molecule has 5 nitrogen and oxygen atoms in total. The Morgan fingerprint density at radius 2 is 2.35 bits per heavy atom. The topological polar surface area (TPSA) is 83.8 Å². The third kappa shape index (κ3) is 1.59. The molecule has 1 aromatic carbocycles. The standard InChI is InChI=1S/C15H18N4O/c16-13(20)10-4-1-5-11-12(10)19-14(18-11)15-6-2-3-9(7-15)8-17-15/h1,4-5,9,17H,2-3,6-8H2,(H2,16,20)(H,18,19)/t9-,15-/m1/s1. The molecule has 5 heteroatoms. The lowest BCUT2D eigenvalue weighted by atomic mass is 9.80. The van der Waals surface area contributed by atoms with Crippen molar-refractivity contribution in [3.05, 3.63) is 29.6 Å². The third-order valence-corrected chi connectivity index (χ3v) is 4.81. The summed E-state index contributed by atoms with van der Waals surface area (Å²) in [6.45, 7) is 1.07. The average Bonchev–Trinajstić information content (AvgIpc) is 3.00. The lowest BCUT2D eigenvalue weighted by Crippen LogP contribution is -2.38. The maximum Gasteiger partial charge on any atom is 0.250 e. The van der Waals surface area contributed by atoms with Crippen LogP contribution in [0, 0.1) is 5.92 Å². The summed E-state index contributed by atoms with van der Waals surface area (Å²) >= 11 is 0. The van der Waals surface area contributed by atoms with Crippen LogP contribution in [0.15, 0.2) is 18.2 Å². The number of imidazole rings is 1. The summed E-state index contributed by atoms with van der Waals surface area (Å²) in [6.07, 6.45) is 4.78. The van der Waals surface area contributed by atoms with Crippen molar-refractivity contribution >= 4 is 16.9 Å². The minimum atomic E-state index is -0.424. The first kappa shape index (κ1) is 11.9. The summed E-state index contributed by atoms with van der Waals surface area (Å²) in [5, 5.41) is 3.65. The van der Waals surface area contributed by atoms with Gasteiger partial charge in [-0.05, 0) is 43.9 Å². The van der Waals surface area contributed by atoms with Crippen molar-refractivity contribution in [1.29, 1.82) is 0 Å². The predicted octanol–water partition coefficient (Wildman–Crippen LogP) is 1.65. The number of H-pyrrole nitrogens is 1. The van der Waals surface area contributed by atoms with Gasteiger partial charge < -0.3 is 16.0 Å². The number of primary amides is 1. The van der Waals surface area contributed by atoms with Crippen molar-refractivity contribution in [3.8, 4) is 0 Å². The van der Waals surface area contributed by atoms with Gasteiger partial charge in [0.15, 0.2) is 0 Å². The minimum Gasteiger partial charge on any atom is -0.366 e. The molecule has 2 aliphatic rings. The molecule has 1 saturated heterocycles. The number of nitrogens with two attached hydrogens (primary N) is 1. The van der Waals surface area contributed by atoms with Crippen LogP contribution < -0.4 is 11.1 Å². The van der Waals surface area contributed by atoms with Gasteiger partial charge in [-0.1, -0.05) is 12.5 Å². The van der Waals surface area contributed by atoms with Gasteiger partial charge in [-0.15, -0.1) is 0 Å². The number of hydrogen-bond donors (Lipinski definition) is 3. The summed E-state index contributed by atoms with van der Waals surface area (Å²) in [5.41, 5.74) is 7.48. The molecule has 2 heterocycles. The maximum atomic E-state index is 11.5. The van der Waals surface area contributed by atoms with E-state index in [-0.39, 0.29) is 5.54 Å².